The van der Waals surface area contributed by atoms with Crippen LogP contribution in [-0.4, -0.2) is 17.4 Å². The molecule has 4 nitrogen and oxygen atoms in total. The van der Waals surface area contributed by atoms with Gasteiger partial charge in [-0.1, -0.05) is 6.07 Å². The van der Waals surface area contributed by atoms with Crippen LogP contribution in [0.15, 0.2) is 18.2 Å². The smallest absolute Gasteiger partial charge is 0.138 e. The maximum atomic E-state index is 10.3. The number of nitrogen functional groups attached to an aromatic ring is 1. The Kier molecular flexibility index (Phi) is 2.87. The molecule has 0 saturated heterocycles. The zero-order chi connectivity index (χ0) is 9.84. The highest BCUT2D eigenvalue weighted by Crippen LogP contribution is 2.20. The van der Waals surface area contributed by atoms with Crippen molar-refractivity contribution in [2.75, 3.05) is 5.73 Å². The van der Waals surface area contributed by atoms with E-state index in [0.29, 0.717) is 18.4 Å². The lowest BCUT2D eigenvalue weighted by molar-refractivity contribution is -0.108. The number of rotatable bonds is 3. The Balaban J connectivity index is 2.79. The van der Waals surface area contributed by atoms with Crippen molar-refractivity contribution in [3.05, 3.63) is 23.8 Å². The maximum Gasteiger partial charge on any atom is 0.138 e. The van der Waals surface area contributed by atoms with Crippen LogP contribution in [0.2, 0.25) is 0 Å². The van der Waals surface area contributed by atoms with Crippen LogP contribution < -0.4 is 11.5 Å². The van der Waals surface area contributed by atoms with E-state index in [0.717, 1.165) is 5.56 Å². The van der Waals surface area contributed by atoms with Gasteiger partial charge >= 0.3 is 0 Å². The van der Waals surface area contributed by atoms with Crippen LogP contribution in [0, 0.1) is 0 Å². The first-order chi connectivity index (χ1) is 6.13. The van der Waals surface area contributed by atoms with Gasteiger partial charge < -0.3 is 21.4 Å². The van der Waals surface area contributed by atoms with E-state index in [1.165, 1.54) is 6.07 Å². The summed E-state index contributed by atoms with van der Waals surface area (Å²) in [4.78, 5) is 10.3. The first-order valence-electron chi connectivity index (χ1n) is 3.91. The van der Waals surface area contributed by atoms with Crippen molar-refractivity contribution in [2.24, 2.45) is 5.73 Å². The van der Waals surface area contributed by atoms with Crippen LogP contribution in [0.5, 0.6) is 5.75 Å². The molecule has 4 heteroatoms. The van der Waals surface area contributed by atoms with Gasteiger partial charge in [0.05, 0.1) is 11.7 Å². The fourth-order valence-electron chi connectivity index (χ4n) is 1.05. The third-order valence-corrected chi connectivity index (χ3v) is 1.74. The summed E-state index contributed by atoms with van der Waals surface area (Å²) in [5.41, 5.74) is 12.0. The van der Waals surface area contributed by atoms with E-state index in [4.69, 9.17) is 16.6 Å². The van der Waals surface area contributed by atoms with Crippen molar-refractivity contribution < 1.29 is 9.90 Å². The molecule has 0 amide bonds. The second kappa shape index (κ2) is 3.91. The standard InChI is InChI=1S/C9H12N2O2/c10-7(5-12)3-6-1-2-9(13)8(11)4-6/h1-2,4-5,7,13H,3,10-11H2. The van der Waals surface area contributed by atoms with E-state index >= 15 is 0 Å². The molecule has 0 bridgehead atoms. The normalized spacial score (nSPS) is 12.4. The molecule has 1 unspecified atom stereocenters. The molecule has 70 valence electrons. The Hall–Kier alpha value is -1.55. The Bertz CT molecular complexity index is 312. The molecule has 0 fully saturated rings. The molecular weight excluding hydrogens is 168 g/mol. The number of hydrogen-bond acceptors (Lipinski definition) is 4. The zero-order valence-electron chi connectivity index (χ0n) is 7.10. The van der Waals surface area contributed by atoms with Gasteiger partial charge in [0, 0.05) is 0 Å². The number of aldehydes is 1. The van der Waals surface area contributed by atoms with Crippen molar-refractivity contribution in [3.8, 4) is 5.75 Å². The number of carbonyl (C=O) groups excluding carboxylic acids is 1. The maximum absolute atomic E-state index is 10.3. The summed E-state index contributed by atoms with van der Waals surface area (Å²) in [6.07, 6.45) is 1.12. The summed E-state index contributed by atoms with van der Waals surface area (Å²) in [6, 6.07) is 4.28. The van der Waals surface area contributed by atoms with Gasteiger partial charge in [-0.25, -0.2) is 0 Å². The van der Waals surface area contributed by atoms with Crippen LogP contribution in [0.25, 0.3) is 0 Å². The molecule has 0 spiro atoms. The van der Waals surface area contributed by atoms with Crippen molar-refractivity contribution in [2.45, 2.75) is 12.5 Å². The molecule has 0 saturated carbocycles. The lowest BCUT2D eigenvalue weighted by Crippen LogP contribution is -2.24. The fraction of sp³-hybridized carbons (Fsp3) is 0.222. The summed E-state index contributed by atoms with van der Waals surface area (Å²) in [5.74, 6) is 0.0448. The molecule has 1 aromatic carbocycles. The van der Waals surface area contributed by atoms with E-state index in [-0.39, 0.29) is 5.75 Å². The average molecular weight is 180 g/mol. The van der Waals surface area contributed by atoms with Crippen LogP contribution in [0.4, 0.5) is 5.69 Å². The summed E-state index contributed by atoms with van der Waals surface area (Å²) < 4.78 is 0. The molecule has 1 atom stereocenters. The van der Waals surface area contributed by atoms with E-state index < -0.39 is 6.04 Å². The second-order valence-corrected chi connectivity index (χ2v) is 2.90. The lowest BCUT2D eigenvalue weighted by Gasteiger charge is -2.05. The zero-order valence-corrected chi connectivity index (χ0v) is 7.10. The highest BCUT2D eigenvalue weighted by molar-refractivity contribution is 5.59. The summed E-state index contributed by atoms with van der Waals surface area (Å²) in [7, 11) is 0. The lowest BCUT2D eigenvalue weighted by atomic mass is 10.1. The van der Waals surface area contributed by atoms with Gasteiger partial charge in [0.15, 0.2) is 0 Å². The molecule has 0 aliphatic carbocycles. The van der Waals surface area contributed by atoms with E-state index in [9.17, 15) is 4.79 Å². The Morgan fingerprint density at radius 2 is 2.23 bits per heavy atom. The minimum absolute atomic E-state index is 0.0448. The number of anilines is 1. The highest BCUT2D eigenvalue weighted by Gasteiger charge is 2.03. The summed E-state index contributed by atoms with van der Waals surface area (Å²) in [5, 5.41) is 9.11. The Labute approximate surface area is 76.2 Å². The number of phenols is 1. The van der Waals surface area contributed by atoms with Crippen LogP contribution >= 0.6 is 0 Å². The van der Waals surface area contributed by atoms with Gasteiger partial charge in [-0.2, -0.15) is 0 Å². The number of benzene rings is 1. The second-order valence-electron chi connectivity index (χ2n) is 2.90. The minimum Gasteiger partial charge on any atom is -0.506 e. The number of aromatic hydroxyl groups is 1. The first-order valence-corrected chi connectivity index (χ1v) is 3.91. The third-order valence-electron chi connectivity index (χ3n) is 1.74. The largest absolute Gasteiger partial charge is 0.506 e. The Morgan fingerprint density at radius 3 is 2.77 bits per heavy atom. The molecular formula is C9H12N2O2. The molecule has 0 aliphatic heterocycles. The van der Waals surface area contributed by atoms with E-state index in [1.54, 1.807) is 12.1 Å². The van der Waals surface area contributed by atoms with Crippen LogP contribution in [-0.2, 0) is 11.2 Å². The van der Waals surface area contributed by atoms with Crippen LogP contribution in [0.3, 0.4) is 0 Å². The molecule has 0 aliphatic rings. The molecule has 1 rings (SSSR count). The van der Waals surface area contributed by atoms with E-state index in [2.05, 4.69) is 0 Å². The summed E-state index contributed by atoms with van der Waals surface area (Å²) >= 11 is 0. The predicted octanol–water partition coefficient (Wildman–Crippen LogP) is 0.0431. The third kappa shape index (κ3) is 2.45. The molecule has 0 aromatic heterocycles. The van der Waals surface area contributed by atoms with Gasteiger partial charge in [0.25, 0.3) is 0 Å². The van der Waals surface area contributed by atoms with Crippen molar-refractivity contribution in [1.82, 2.24) is 0 Å². The number of hydrogen-bond donors (Lipinski definition) is 3. The van der Waals surface area contributed by atoms with Crippen molar-refractivity contribution in [3.63, 3.8) is 0 Å². The van der Waals surface area contributed by atoms with Gasteiger partial charge in [-0.3, -0.25) is 0 Å². The topological polar surface area (TPSA) is 89.3 Å². The molecule has 0 heterocycles. The highest BCUT2D eigenvalue weighted by atomic mass is 16.3. The number of carbonyl (C=O) groups is 1. The van der Waals surface area contributed by atoms with Gasteiger partial charge in [0.2, 0.25) is 0 Å². The van der Waals surface area contributed by atoms with Crippen LogP contribution in [0.1, 0.15) is 5.56 Å². The predicted molar refractivity (Wildman–Crippen MR) is 50.3 cm³/mol. The van der Waals surface area contributed by atoms with Gasteiger partial charge in [0.1, 0.15) is 12.0 Å². The first kappa shape index (κ1) is 9.54. The molecule has 0 radical (unpaired) electrons. The van der Waals surface area contributed by atoms with Crippen molar-refractivity contribution >= 4 is 12.0 Å². The Morgan fingerprint density at radius 1 is 1.54 bits per heavy atom. The fourth-order valence-corrected chi connectivity index (χ4v) is 1.05. The molecule has 5 N–H and O–H groups in total. The van der Waals surface area contributed by atoms with Gasteiger partial charge in [-0.15, -0.1) is 0 Å². The van der Waals surface area contributed by atoms with Gasteiger partial charge in [-0.05, 0) is 24.1 Å². The van der Waals surface area contributed by atoms with Crippen molar-refractivity contribution in [1.29, 1.82) is 0 Å². The average Bonchev–Trinajstić information content (AvgIpc) is 2.11. The van der Waals surface area contributed by atoms with E-state index in [1.807, 2.05) is 0 Å². The monoisotopic (exact) mass is 180 g/mol. The molecule has 13 heavy (non-hydrogen) atoms. The minimum atomic E-state index is -0.510. The number of phenolic OH excluding ortho intramolecular Hbond substituents is 1. The molecule has 1 aromatic rings. The number of nitrogens with two attached hydrogens (primary N) is 2. The quantitative estimate of drug-likeness (QED) is 0.348. The SMILES string of the molecule is Nc1cc(CC(N)C=O)ccc1O. The summed E-state index contributed by atoms with van der Waals surface area (Å²) in [6.45, 7) is 0.